The number of carbonyl (C=O) groups excluding carboxylic acids is 1. The third kappa shape index (κ3) is 5.55. The molecule has 1 atom stereocenters. The maximum Gasteiger partial charge on any atom is 0.279 e. The second-order valence-electron chi connectivity index (χ2n) is 7.91. The summed E-state index contributed by atoms with van der Waals surface area (Å²) in [5, 5.41) is 3.34. The number of carbonyl (C=O) groups is 1. The van der Waals surface area contributed by atoms with Gasteiger partial charge in [-0.3, -0.25) is 9.78 Å². The molecule has 0 spiro atoms. The summed E-state index contributed by atoms with van der Waals surface area (Å²) in [6, 6.07) is 19.9. The van der Waals surface area contributed by atoms with Crippen LogP contribution in [0.1, 0.15) is 44.6 Å². The molecular formula is C26H24ClN3O3S. The van der Waals surface area contributed by atoms with Gasteiger partial charge in [0.2, 0.25) is 0 Å². The highest BCUT2D eigenvalue weighted by atomic mass is 35.5. The van der Waals surface area contributed by atoms with Gasteiger partial charge in [-0.05, 0) is 66.8 Å². The van der Waals surface area contributed by atoms with Crippen molar-refractivity contribution >= 4 is 29.7 Å². The zero-order chi connectivity index (χ0) is 22.6. The second kappa shape index (κ2) is 10.7. The van der Waals surface area contributed by atoms with Crippen LogP contribution < -0.4 is 14.8 Å². The van der Waals surface area contributed by atoms with Gasteiger partial charge in [0.05, 0.1) is 6.20 Å². The standard InChI is InChI=1S/C26H23N3O3S.ClH/c1-17-13-18(11-12-27-17)15-28-25(30)24-16-29-26(33-24)31-21-8-10-23-20(14-21)7-9-22(32-23)19-5-3-2-4-6-19;/h2-6,8,10-14,16,22H,7,9,15H2,1H3,(H,28,30);1H/t22-;/m0./s1. The Kier molecular flexibility index (Phi) is 7.45. The fourth-order valence-electron chi connectivity index (χ4n) is 3.83. The highest BCUT2D eigenvalue weighted by molar-refractivity contribution is 7.15. The number of hydrogen-bond donors (Lipinski definition) is 1. The van der Waals surface area contributed by atoms with Crippen LogP contribution in [0.5, 0.6) is 16.7 Å². The van der Waals surface area contributed by atoms with Gasteiger partial charge in [-0.2, -0.15) is 0 Å². The van der Waals surface area contributed by atoms with Gasteiger partial charge in [0.15, 0.2) is 0 Å². The lowest BCUT2D eigenvalue weighted by Gasteiger charge is -2.26. The van der Waals surface area contributed by atoms with Crippen LogP contribution in [0, 0.1) is 6.92 Å². The van der Waals surface area contributed by atoms with Gasteiger partial charge in [0.1, 0.15) is 22.5 Å². The predicted octanol–water partition coefficient (Wildman–Crippen LogP) is 6.06. The summed E-state index contributed by atoms with van der Waals surface area (Å²) in [5.41, 5.74) is 4.22. The molecule has 0 bridgehead atoms. The summed E-state index contributed by atoms with van der Waals surface area (Å²) in [4.78, 5) is 21.4. The first-order valence-electron chi connectivity index (χ1n) is 10.8. The fraction of sp³-hybridized carbons (Fsp3) is 0.192. The summed E-state index contributed by atoms with van der Waals surface area (Å²) in [6.45, 7) is 2.36. The first-order chi connectivity index (χ1) is 16.1. The van der Waals surface area contributed by atoms with Crippen LogP contribution in [-0.2, 0) is 13.0 Å². The van der Waals surface area contributed by atoms with E-state index < -0.39 is 0 Å². The van der Waals surface area contributed by atoms with Crippen molar-refractivity contribution < 1.29 is 14.3 Å². The Balaban J connectivity index is 0.00000274. The third-order valence-electron chi connectivity index (χ3n) is 5.48. The number of fused-ring (bicyclic) bond motifs is 1. The first-order valence-corrected chi connectivity index (χ1v) is 11.6. The number of nitrogens with zero attached hydrogens (tertiary/aromatic N) is 2. The minimum absolute atomic E-state index is 0. The van der Waals surface area contributed by atoms with Gasteiger partial charge >= 0.3 is 0 Å². The highest BCUT2D eigenvalue weighted by Crippen LogP contribution is 2.38. The zero-order valence-corrected chi connectivity index (χ0v) is 20.2. The monoisotopic (exact) mass is 493 g/mol. The van der Waals surface area contributed by atoms with Gasteiger partial charge in [-0.25, -0.2) is 4.98 Å². The van der Waals surface area contributed by atoms with Crippen LogP contribution in [0.25, 0.3) is 0 Å². The Hall–Kier alpha value is -3.42. The topological polar surface area (TPSA) is 73.3 Å². The van der Waals surface area contributed by atoms with Crippen molar-refractivity contribution in [1.82, 2.24) is 15.3 Å². The molecule has 0 fully saturated rings. The molecule has 0 saturated heterocycles. The molecule has 3 heterocycles. The largest absolute Gasteiger partial charge is 0.485 e. The molecule has 0 radical (unpaired) electrons. The van der Waals surface area contributed by atoms with Gasteiger partial charge < -0.3 is 14.8 Å². The predicted molar refractivity (Wildman–Crippen MR) is 134 cm³/mol. The van der Waals surface area contributed by atoms with Crippen LogP contribution in [0.4, 0.5) is 0 Å². The molecule has 0 unspecified atom stereocenters. The average Bonchev–Trinajstić information content (AvgIpc) is 3.31. The van der Waals surface area contributed by atoms with Gasteiger partial charge in [-0.15, -0.1) is 12.4 Å². The Morgan fingerprint density at radius 1 is 1.15 bits per heavy atom. The maximum absolute atomic E-state index is 12.5. The lowest BCUT2D eigenvalue weighted by atomic mass is 9.97. The molecule has 1 N–H and O–H groups in total. The number of nitrogens with one attached hydrogen (secondary N) is 1. The van der Waals surface area contributed by atoms with Crippen molar-refractivity contribution in [3.63, 3.8) is 0 Å². The molecule has 34 heavy (non-hydrogen) atoms. The van der Waals surface area contributed by atoms with E-state index in [1.807, 2.05) is 55.5 Å². The minimum atomic E-state index is -0.178. The number of aromatic nitrogens is 2. The number of thiazole rings is 1. The Labute approximate surface area is 208 Å². The first kappa shape index (κ1) is 23.7. The lowest BCUT2D eigenvalue weighted by Crippen LogP contribution is -2.21. The molecule has 174 valence electrons. The number of hydrogen-bond acceptors (Lipinski definition) is 6. The Bertz CT molecular complexity index is 1280. The zero-order valence-electron chi connectivity index (χ0n) is 18.6. The minimum Gasteiger partial charge on any atom is -0.485 e. The van der Waals surface area contributed by atoms with E-state index in [-0.39, 0.29) is 24.4 Å². The second-order valence-corrected chi connectivity index (χ2v) is 8.90. The Morgan fingerprint density at radius 2 is 2.00 bits per heavy atom. The normalized spacial score (nSPS) is 14.3. The average molecular weight is 494 g/mol. The molecule has 6 nitrogen and oxygen atoms in total. The number of ether oxygens (including phenoxy) is 2. The molecule has 2 aromatic carbocycles. The smallest absolute Gasteiger partial charge is 0.279 e. The third-order valence-corrected chi connectivity index (χ3v) is 6.35. The molecule has 1 aliphatic rings. The van der Waals surface area contributed by atoms with E-state index in [2.05, 4.69) is 27.4 Å². The molecule has 8 heteroatoms. The summed E-state index contributed by atoms with van der Waals surface area (Å²) >= 11 is 1.22. The summed E-state index contributed by atoms with van der Waals surface area (Å²) in [6.07, 6.45) is 5.17. The van der Waals surface area contributed by atoms with Gasteiger partial charge in [0, 0.05) is 18.4 Å². The van der Waals surface area contributed by atoms with Gasteiger partial charge in [0.25, 0.3) is 11.1 Å². The van der Waals surface area contributed by atoms with Crippen molar-refractivity contribution in [2.75, 3.05) is 0 Å². The van der Waals surface area contributed by atoms with E-state index in [9.17, 15) is 4.79 Å². The molecule has 5 rings (SSSR count). The van der Waals surface area contributed by atoms with E-state index in [0.717, 1.165) is 35.4 Å². The van der Waals surface area contributed by atoms with Crippen molar-refractivity contribution in [3.8, 4) is 16.7 Å². The number of amides is 1. The van der Waals surface area contributed by atoms with Crippen LogP contribution in [-0.4, -0.2) is 15.9 Å². The SMILES string of the molecule is Cc1cc(CNC(=O)c2cnc(Oc3ccc4c(c3)CC[C@@H](c3ccccc3)O4)s2)ccn1.Cl. The van der Waals surface area contributed by atoms with E-state index in [0.29, 0.717) is 22.4 Å². The fourth-order valence-corrected chi connectivity index (χ4v) is 4.53. The van der Waals surface area contributed by atoms with Crippen molar-refractivity contribution in [2.24, 2.45) is 0 Å². The maximum atomic E-state index is 12.5. The van der Waals surface area contributed by atoms with Crippen LogP contribution >= 0.6 is 23.7 Å². The number of pyridine rings is 1. The summed E-state index contributed by atoms with van der Waals surface area (Å²) in [5.74, 6) is 1.39. The number of halogens is 1. The molecular weight excluding hydrogens is 470 g/mol. The van der Waals surface area contributed by atoms with E-state index >= 15 is 0 Å². The summed E-state index contributed by atoms with van der Waals surface area (Å²) in [7, 11) is 0. The molecule has 1 aliphatic heterocycles. The summed E-state index contributed by atoms with van der Waals surface area (Å²) < 4.78 is 12.1. The molecule has 0 aliphatic carbocycles. The van der Waals surface area contributed by atoms with Gasteiger partial charge in [-0.1, -0.05) is 41.7 Å². The van der Waals surface area contributed by atoms with Crippen LogP contribution in [0.2, 0.25) is 0 Å². The molecule has 1 amide bonds. The van der Waals surface area contributed by atoms with Crippen molar-refractivity contribution in [2.45, 2.75) is 32.4 Å². The van der Waals surface area contributed by atoms with Crippen molar-refractivity contribution in [1.29, 1.82) is 0 Å². The number of rotatable bonds is 6. The van der Waals surface area contributed by atoms with E-state index in [4.69, 9.17) is 9.47 Å². The quantitative estimate of drug-likeness (QED) is 0.353. The number of benzene rings is 2. The highest BCUT2D eigenvalue weighted by Gasteiger charge is 2.22. The van der Waals surface area contributed by atoms with Crippen LogP contribution in [0.3, 0.4) is 0 Å². The van der Waals surface area contributed by atoms with Crippen molar-refractivity contribution in [3.05, 3.63) is 100 Å². The van der Waals surface area contributed by atoms with E-state index in [1.54, 1.807) is 12.4 Å². The molecule has 2 aromatic heterocycles. The lowest BCUT2D eigenvalue weighted by molar-refractivity contribution is 0.0954. The molecule has 0 saturated carbocycles. The van der Waals surface area contributed by atoms with E-state index in [1.165, 1.54) is 16.9 Å². The number of aryl methyl sites for hydroxylation is 2. The molecule has 4 aromatic rings. The van der Waals surface area contributed by atoms with Crippen LogP contribution in [0.15, 0.2) is 73.1 Å². The Morgan fingerprint density at radius 3 is 2.82 bits per heavy atom.